The minimum absolute atomic E-state index is 0.0401. The summed E-state index contributed by atoms with van der Waals surface area (Å²) in [5.41, 5.74) is 5.53. The van der Waals surface area contributed by atoms with E-state index in [1.807, 2.05) is 13.8 Å². The van der Waals surface area contributed by atoms with Gasteiger partial charge in [-0.15, -0.1) is 0 Å². The van der Waals surface area contributed by atoms with Gasteiger partial charge in [-0.2, -0.15) is 0 Å². The van der Waals surface area contributed by atoms with E-state index < -0.39 is 5.92 Å². The van der Waals surface area contributed by atoms with Crippen molar-refractivity contribution in [2.45, 2.75) is 26.3 Å². The number of carbonyl (C=O) groups is 2. The van der Waals surface area contributed by atoms with E-state index in [9.17, 15) is 9.59 Å². The van der Waals surface area contributed by atoms with Gasteiger partial charge in [0.1, 0.15) is 0 Å². The van der Waals surface area contributed by atoms with E-state index >= 15 is 0 Å². The summed E-state index contributed by atoms with van der Waals surface area (Å²) >= 11 is 4.87. The molecule has 0 aromatic carbocycles. The second kappa shape index (κ2) is 5.25. The van der Waals surface area contributed by atoms with E-state index in [0.29, 0.717) is 13.0 Å². The molecule has 2 unspecified atom stereocenters. The molecule has 0 aromatic rings. The Bertz CT molecular complexity index is 317. The molecule has 1 fully saturated rings. The Morgan fingerprint density at radius 3 is 2.62 bits per heavy atom. The normalized spacial score (nSPS) is 21.7. The summed E-state index contributed by atoms with van der Waals surface area (Å²) in [4.78, 5) is 23.0. The van der Waals surface area contributed by atoms with Crippen LogP contribution in [0, 0.1) is 11.8 Å². The van der Waals surface area contributed by atoms with E-state index in [1.165, 1.54) is 0 Å². The summed E-state index contributed by atoms with van der Waals surface area (Å²) in [6.45, 7) is 4.26. The number of rotatable bonds is 4. The van der Waals surface area contributed by atoms with E-state index in [2.05, 4.69) is 10.6 Å². The van der Waals surface area contributed by atoms with Crippen molar-refractivity contribution >= 4 is 29.0 Å². The Morgan fingerprint density at radius 2 is 2.25 bits per heavy atom. The molecule has 16 heavy (non-hydrogen) atoms. The van der Waals surface area contributed by atoms with Crippen LogP contribution < -0.4 is 16.4 Å². The van der Waals surface area contributed by atoms with E-state index in [0.717, 1.165) is 0 Å². The maximum absolute atomic E-state index is 11.9. The molecule has 2 atom stereocenters. The lowest BCUT2D eigenvalue weighted by Crippen LogP contribution is -2.45. The zero-order valence-electron chi connectivity index (χ0n) is 9.45. The predicted molar refractivity (Wildman–Crippen MR) is 64.7 cm³/mol. The first-order chi connectivity index (χ1) is 7.41. The minimum Gasteiger partial charge on any atom is -0.393 e. The molecule has 1 aliphatic heterocycles. The van der Waals surface area contributed by atoms with Crippen LogP contribution in [0.3, 0.4) is 0 Å². The molecule has 0 radical (unpaired) electrons. The number of carbonyl (C=O) groups excluding carboxylic acids is 2. The fourth-order valence-corrected chi connectivity index (χ4v) is 2.14. The van der Waals surface area contributed by atoms with Crippen molar-refractivity contribution < 1.29 is 9.59 Å². The van der Waals surface area contributed by atoms with Gasteiger partial charge >= 0.3 is 0 Å². The van der Waals surface area contributed by atoms with E-state index in [1.54, 1.807) is 0 Å². The molecule has 0 aromatic heterocycles. The first-order valence-electron chi connectivity index (χ1n) is 5.28. The van der Waals surface area contributed by atoms with Crippen LogP contribution in [0.2, 0.25) is 0 Å². The zero-order valence-corrected chi connectivity index (χ0v) is 10.3. The number of nitrogens with one attached hydrogen (secondary N) is 2. The Balaban J connectivity index is 2.56. The smallest absolute Gasteiger partial charge is 0.230 e. The third-order valence-electron chi connectivity index (χ3n) is 2.58. The van der Waals surface area contributed by atoms with Crippen molar-refractivity contribution in [1.29, 1.82) is 0 Å². The number of amides is 2. The van der Waals surface area contributed by atoms with Crippen molar-refractivity contribution in [2.75, 3.05) is 6.54 Å². The van der Waals surface area contributed by atoms with Gasteiger partial charge in [-0.1, -0.05) is 26.1 Å². The van der Waals surface area contributed by atoms with Crippen LogP contribution in [0.1, 0.15) is 20.3 Å². The first-order valence-corrected chi connectivity index (χ1v) is 5.69. The Morgan fingerprint density at radius 1 is 1.62 bits per heavy atom. The molecule has 0 bridgehead atoms. The highest BCUT2D eigenvalue weighted by Crippen LogP contribution is 2.12. The lowest BCUT2D eigenvalue weighted by Gasteiger charge is -2.20. The summed E-state index contributed by atoms with van der Waals surface area (Å²) in [6, 6.07) is -0.143. The largest absolute Gasteiger partial charge is 0.393 e. The van der Waals surface area contributed by atoms with Crippen LogP contribution in [-0.2, 0) is 9.59 Å². The molecule has 6 heteroatoms. The maximum Gasteiger partial charge on any atom is 0.230 e. The van der Waals surface area contributed by atoms with Crippen molar-refractivity contribution in [3.8, 4) is 0 Å². The molecule has 0 saturated carbocycles. The van der Waals surface area contributed by atoms with Gasteiger partial charge in [0.05, 0.1) is 16.9 Å². The molecule has 1 saturated heterocycles. The molecule has 1 rings (SSSR count). The lowest BCUT2D eigenvalue weighted by molar-refractivity contribution is -0.124. The first kappa shape index (κ1) is 12.9. The predicted octanol–water partition coefficient (Wildman–Crippen LogP) is -0.451. The van der Waals surface area contributed by atoms with Crippen LogP contribution >= 0.6 is 12.2 Å². The van der Waals surface area contributed by atoms with Gasteiger partial charge in [-0.05, 0) is 5.92 Å². The van der Waals surface area contributed by atoms with Gasteiger partial charge in [0.25, 0.3) is 0 Å². The second-order valence-electron chi connectivity index (χ2n) is 4.34. The summed E-state index contributed by atoms with van der Waals surface area (Å²) in [5, 5.41) is 5.44. The molecule has 5 nitrogen and oxygen atoms in total. The van der Waals surface area contributed by atoms with Crippen LogP contribution in [0.4, 0.5) is 0 Å². The zero-order chi connectivity index (χ0) is 12.3. The minimum atomic E-state index is -0.467. The van der Waals surface area contributed by atoms with Gasteiger partial charge in [0.15, 0.2) is 0 Å². The number of nitrogens with two attached hydrogens (primary N) is 1. The highest BCUT2D eigenvalue weighted by Gasteiger charge is 2.29. The molecule has 1 aliphatic rings. The average molecular weight is 243 g/mol. The molecule has 0 spiro atoms. The molecular weight excluding hydrogens is 226 g/mol. The molecule has 1 heterocycles. The van der Waals surface area contributed by atoms with Crippen LogP contribution in [0.5, 0.6) is 0 Å². The van der Waals surface area contributed by atoms with Crippen molar-refractivity contribution in [1.82, 2.24) is 10.6 Å². The number of hydrogen-bond donors (Lipinski definition) is 3. The summed E-state index contributed by atoms with van der Waals surface area (Å²) < 4.78 is 0. The number of hydrogen-bond acceptors (Lipinski definition) is 3. The molecule has 0 aliphatic carbocycles. The van der Waals surface area contributed by atoms with Gasteiger partial charge < -0.3 is 16.4 Å². The summed E-state index contributed by atoms with van der Waals surface area (Å²) in [7, 11) is 0. The van der Waals surface area contributed by atoms with Crippen LogP contribution in [0.15, 0.2) is 0 Å². The Kier molecular flexibility index (Phi) is 4.23. The highest BCUT2D eigenvalue weighted by molar-refractivity contribution is 7.80. The average Bonchev–Trinajstić information content (AvgIpc) is 2.49. The molecule has 4 N–H and O–H groups in total. The van der Waals surface area contributed by atoms with Crippen LogP contribution in [0.25, 0.3) is 0 Å². The van der Waals surface area contributed by atoms with Crippen LogP contribution in [-0.4, -0.2) is 29.4 Å². The topological polar surface area (TPSA) is 84.2 Å². The Hall–Kier alpha value is -1.17. The fraction of sp³-hybridized carbons (Fsp3) is 0.700. The van der Waals surface area contributed by atoms with Gasteiger partial charge in [0, 0.05) is 13.0 Å². The maximum atomic E-state index is 11.9. The van der Waals surface area contributed by atoms with Gasteiger partial charge in [-0.3, -0.25) is 9.59 Å². The molecule has 90 valence electrons. The van der Waals surface area contributed by atoms with E-state index in [-0.39, 0.29) is 28.8 Å². The Labute approximate surface area is 100 Å². The van der Waals surface area contributed by atoms with Crippen molar-refractivity contribution in [3.63, 3.8) is 0 Å². The second-order valence-corrected chi connectivity index (χ2v) is 4.81. The summed E-state index contributed by atoms with van der Waals surface area (Å²) in [5.74, 6) is -0.640. The standard InChI is InChI=1S/C10H17N3O2S/c1-5(2)8(9(11)16)10(15)13-6-3-7(14)12-4-6/h5-6,8H,3-4H2,1-2H3,(H2,11,16)(H,12,14)(H,13,15). The van der Waals surface area contributed by atoms with E-state index in [4.69, 9.17) is 18.0 Å². The lowest BCUT2D eigenvalue weighted by atomic mass is 9.94. The highest BCUT2D eigenvalue weighted by atomic mass is 32.1. The van der Waals surface area contributed by atoms with Gasteiger partial charge in [-0.25, -0.2) is 0 Å². The van der Waals surface area contributed by atoms with Crippen molar-refractivity contribution in [2.24, 2.45) is 17.6 Å². The van der Waals surface area contributed by atoms with Gasteiger partial charge in [0.2, 0.25) is 11.8 Å². The van der Waals surface area contributed by atoms with Crippen molar-refractivity contribution in [3.05, 3.63) is 0 Å². The number of thiocarbonyl (C=S) groups is 1. The third-order valence-corrected chi connectivity index (χ3v) is 2.83. The third kappa shape index (κ3) is 3.16. The molecular formula is C10H17N3O2S. The monoisotopic (exact) mass is 243 g/mol. The summed E-state index contributed by atoms with van der Waals surface area (Å²) in [6.07, 6.45) is 0.327. The fourth-order valence-electron chi connectivity index (χ4n) is 1.76. The molecule has 2 amide bonds. The SMILES string of the molecule is CC(C)C(C(=O)NC1CNC(=O)C1)C(N)=S. The quantitative estimate of drug-likeness (QED) is 0.584.